The summed E-state index contributed by atoms with van der Waals surface area (Å²) in [7, 11) is -4.33. The number of esters is 3. The first-order chi connectivity index (χ1) is 23.5. The average Bonchev–Trinajstić information content (AvgIpc) is 3.06. The van der Waals surface area contributed by atoms with Crippen molar-refractivity contribution >= 4 is 31.4 Å². The molecule has 2 aromatic carbocycles. The maximum Gasteiger partial charge on any atom is 0.350 e. The zero-order valence-electron chi connectivity index (χ0n) is 30.8. The van der Waals surface area contributed by atoms with E-state index in [0.29, 0.717) is 0 Å². The second-order valence-electron chi connectivity index (χ2n) is 13.3. The molecule has 50 heavy (non-hydrogen) atoms. The molecule has 2 aromatic rings. The summed E-state index contributed by atoms with van der Waals surface area (Å²) < 4.78 is 42.6. The predicted molar refractivity (Wildman–Crippen MR) is 191 cm³/mol. The standard InChI is InChI=1S/C37H55N2O10P/c1-10-45-32(40)20-21-38-33(41)31(22-28-16-18-30(19-17-28)29-14-12-11-13-15-29)39-23-50(44,48-36(26(6)7)46-34(42)24(2)3)49-37(27(8)9)47-35(43)25(4)5/h11-19,24-27,31,36-37,39H,10,20-23H2,1-9H3,(H,38,41). The Morgan fingerprint density at radius 3 is 1.68 bits per heavy atom. The van der Waals surface area contributed by atoms with Crippen molar-refractivity contribution in [1.29, 1.82) is 0 Å². The zero-order chi connectivity index (χ0) is 37.4. The lowest BCUT2D eigenvalue weighted by Crippen LogP contribution is -2.47. The van der Waals surface area contributed by atoms with Gasteiger partial charge in [-0.3, -0.25) is 38.1 Å². The summed E-state index contributed by atoms with van der Waals surface area (Å²) in [6, 6.07) is 16.6. The maximum absolute atomic E-state index is 14.6. The third-order valence-electron chi connectivity index (χ3n) is 7.31. The summed E-state index contributed by atoms with van der Waals surface area (Å²) in [6.07, 6.45) is -2.90. The van der Waals surface area contributed by atoms with Gasteiger partial charge in [0.25, 0.3) is 0 Å². The quantitative estimate of drug-likeness (QED) is 0.0632. The Kier molecular flexibility index (Phi) is 17.8. The van der Waals surface area contributed by atoms with E-state index in [1.165, 1.54) is 0 Å². The topological polar surface area (TPSA) is 156 Å². The molecule has 0 heterocycles. The highest BCUT2D eigenvalue weighted by molar-refractivity contribution is 7.53. The van der Waals surface area contributed by atoms with Gasteiger partial charge in [-0.25, -0.2) is 0 Å². The van der Waals surface area contributed by atoms with Gasteiger partial charge in [0.2, 0.25) is 18.5 Å². The van der Waals surface area contributed by atoms with E-state index in [4.69, 9.17) is 23.3 Å². The van der Waals surface area contributed by atoms with E-state index < -0.39 is 80.0 Å². The Morgan fingerprint density at radius 1 is 0.720 bits per heavy atom. The Bertz CT molecular complexity index is 1370. The molecule has 13 heteroatoms. The first-order valence-corrected chi connectivity index (χ1v) is 19.0. The van der Waals surface area contributed by atoms with Gasteiger partial charge in [0.15, 0.2) is 0 Å². The number of rotatable bonds is 21. The van der Waals surface area contributed by atoms with Crippen LogP contribution in [0.5, 0.6) is 0 Å². The van der Waals surface area contributed by atoms with Gasteiger partial charge in [0.1, 0.15) is 0 Å². The first kappa shape index (κ1) is 42.6. The van der Waals surface area contributed by atoms with Crippen LogP contribution in [-0.4, -0.2) is 61.9 Å². The van der Waals surface area contributed by atoms with Crippen LogP contribution in [0.4, 0.5) is 0 Å². The van der Waals surface area contributed by atoms with Crippen molar-refractivity contribution in [1.82, 2.24) is 10.6 Å². The predicted octanol–water partition coefficient (Wildman–Crippen LogP) is 6.47. The number of amides is 1. The van der Waals surface area contributed by atoms with E-state index in [-0.39, 0.29) is 26.0 Å². The van der Waals surface area contributed by atoms with Crippen molar-refractivity contribution < 1.29 is 47.0 Å². The molecule has 0 spiro atoms. The SMILES string of the molecule is CCOC(=O)CCNC(=O)C(Cc1ccc(-c2ccccc2)cc1)NCP(=O)(OC(OC(=O)C(C)C)C(C)C)OC(OC(=O)C(C)C)C(C)C. The Morgan fingerprint density at radius 2 is 1.22 bits per heavy atom. The molecule has 0 fully saturated rings. The Balaban J connectivity index is 2.42. The largest absolute Gasteiger partial charge is 0.466 e. The lowest BCUT2D eigenvalue weighted by molar-refractivity contribution is -0.182. The lowest BCUT2D eigenvalue weighted by Gasteiger charge is -2.32. The van der Waals surface area contributed by atoms with Crippen LogP contribution in [0.25, 0.3) is 11.1 Å². The van der Waals surface area contributed by atoms with Crippen molar-refractivity contribution in [2.45, 2.75) is 93.8 Å². The second-order valence-corrected chi connectivity index (χ2v) is 15.2. The number of ether oxygens (including phenoxy) is 3. The number of hydrogen-bond acceptors (Lipinski definition) is 11. The van der Waals surface area contributed by atoms with Crippen LogP contribution < -0.4 is 10.6 Å². The summed E-state index contributed by atoms with van der Waals surface area (Å²) in [5.74, 6) is -3.88. The fourth-order valence-corrected chi connectivity index (χ4v) is 6.15. The third-order valence-corrected chi connectivity index (χ3v) is 8.94. The molecule has 12 nitrogen and oxygen atoms in total. The summed E-state index contributed by atoms with van der Waals surface area (Å²) in [6.45, 7) is 15.5. The molecule has 3 atom stereocenters. The number of hydrogen-bond donors (Lipinski definition) is 2. The average molecular weight is 719 g/mol. The van der Waals surface area contributed by atoms with Crippen LogP contribution >= 0.6 is 7.60 Å². The van der Waals surface area contributed by atoms with Crippen LogP contribution in [0.2, 0.25) is 0 Å². The number of carbonyl (C=O) groups excluding carboxylic acids is 4. The highest BCUT2D eigenvalue weighted by Gasteiger charge is 2.39. The molecule has 278 valence electrons. The van der Waals surface area contributed by atoms with E-state index >= 15 is 0 Å². The monoisotopic (exact) mass is 718 g/mol. The molecule has 0 aliphatic rings. The van der Waals surface area contributed by atoms with E-state index in [0.717, 1.165) is 16.7 Å². The normalized spacial score (nSPS) is 14.6. The van der Waals surface area contributed by atoms with Gasteiger partial charge < -0.3 is 19.5 Å². The van der Waals surface area contributed by atoms with Crippen LogP contribution in [0.15, 0.2) is 54.6 Å². The molecule has 1 amide bonds. The van der Waals surface area contributed by atoms with Gasteiger partial charge >= 0.3 is 25.5 Å². The summed E-state index contributed by atoms with van der Waals surface area (Å²) in [5, 5.41) is 5.79. The number of benzene rings is 2. The molecule has 0 aliphatic heterocycles. The molecular weight excluding hydrogens is 663 g/mol. The number of nitrogens with one attached hydrogen (secondary N) is 2. The number of carbonyl (C=O) groups is 4. The highest BCUT2D eigenvalue weighted by atomic mass is 31.2. The van der Waals surface area contributed by atoms with Crippen LogP contribution in [-0.2, 0) is 53.4 Å². The zero-order valence-corrected chi connectivity index (χ0v) is 31.7. The van der Waals surface area contributed by atoms with Gasteiger partial charge in [0, 0.05) is 18.4 Å². The molecule has 0 aliphatic carbocycles. The van der Waals surface area contributed by atoms with E-state index in [2.05, 4.69) is 10.6 Å². The smallest absolute Gasteiger partial charge is 0.350 e. The van der Waals surface area contributed by atoms with Gasteiger partial charge in [-0.2, -0.15) is 0 Å². The van der Waals surface area contributed by atoms with Crippen molar-refractivity contribution in [2.24, 2.45) is 23.7 Å². The van der Waals surface area contributed by atoms with Crippen LogP contribution in [0.1, 0.15) is 74.3 Å². The highest BCUT2D eigenvalue weighted by Crippen LogP contribution is 2.51. The van der Waals surface area contributed by atoms with E-state index in [1.54, 1.807) is 62.3 Å². The molecule has 0 saturated heterocycles. The maximum atomic E-state index is 14.6. The molecule has 2 rings (SSSR count). The van der Waals surface area contributed by atoms with Crippen molar-refractivity contribution in [3.8, 4) is 11.1 Å². The minimum atomic E-state index is -4.33. The lowest BCUT2D eigenvalue weighted by atomic mass is 10.0. The van der Waals surface area contributed by atoms with Gasteiger partial charge in [0.05, 0.1) is 37.2 Å². The van der Waals surface area contributed by atoms with Crippen molar-refractivity contribution in [2.75, 3.05) is 19.4 Å². The van der Waals surface area contributed by atoms with E-state index in [1.807, 2.05) is 54.6 Å². The summed E-state index contributed by atoms with van der Waals surface area (Å²) >= 11 is 0. The van der Waals surface area contributed by atoms with Crippen LogP contribution in [0.3, 0.4) is 0 Å². The minimum absolute atomic E-state index is 0.0224. The van der Waals surface area contributed by atoms with Crippen molar-refractivity contribution in [3.63, 3.8) is 0 Å². The summed E-state index contributed by atoms with van der Waals surface area (Å²) in [5.41, 5.74) is 2.84. The van der Waals surface area contributed by atoms with Gasteiger partial charge in [-0.15, -0.1) is 0 Å². The molecule has 3 unspecified atom stereocenters. The molecule has 2 N–H and O–H groups in total. The Hall–Kier alpha value is -3.57. The molecule has 0 aromatic heterocycles. The fraction of sp³-hybridized carbons (Fsp3) is 0.568. The molecule has 0 bridgehead atoms. The molecule has 0 radical (unpaired) electrons. The molecular formula is C37H55N2O10P. The third kappa shape index (κ3) is 14.7. The van der Waals surface area contributed by atoms with Gasteiger partial charge in [-0.1, -0.05) is 110 Å². The second kappa shape index (κ2) is 20.9. The minimum Gasteiger partial charge on any atom is -0.466 e. The first-order valence-electron chi connectivity index (χ1n) is 17.2. The summed E-state index contributed by atoms with van der Waals surface area (Å²) in [4.78, 5) is 50.6. The fourth-order valence-electron chi connectivity index (χ4n) is 4.30. The van der Waals surface area contributed by atoms with Crippen LogP contribution in [0, 0.1) is 23.7 Å². The van der Waals surface area contributed by atoms with Gasteiger partial charge in [-0.05, 0) is 30.0 Å². The molecule has 0 saturated carbocycles. The van der Waals surface area contributed by atoms with E-state index in [9.17, 15) is 23.7 Å². The Labute approximate surface area is 296 Å². The van der Waals surface area contributed by atoms with Crippen molar-refractivity contribution in [3.05, 3.63) is 60.2 Å².